The number of β-amino-alcohol motifs (C(OH)–C–C–N with tert-alkyl or cyclic N) is 1. The van der Waals surface area contributed by atoms with Crippen LogP contribution in [0.4, 0.5) is 4.79 Å². The van der Waals surface area contributed by atoms with Crippen LogP contribution in [0.3, 0.4) is 0 Å². The van der Waals surface area contributed by atoms with Crippen LogP contribution in [0.25, 0.3) is 0 Å². The normalized spacial score (nSPS) is 26.3. The van der Waals surface area contributed by atoms with Gasteiger partial charge in [-0.25, -0.2) is 4.79 Å². The summed E-state index contributed by atoms with van der Waals surface area (Å²) in [4.78, 5) is 11.6. The monoisotopic (exact) mass is 161 g/mol. The van der Waals surface area contributed by atoms with E-state index in [1.165, 1.54) is 0 Å². The highest BCUT2D eigenvalue weighted by Gasteiger charge is 2.19. The van der Waals surface area contributed by atoms with Crippen molar-refractivity contribution in [1.29, 1.82) is 0 Å². The largest absolute Gasteiger partial charge is 0.465 e. The van der Waals surface area contributed by atoms with Crippen molar-refractivity contribution in [2.24, 2.45) is 0 Å². The molecule has 64 valence electrons. The van der Waals surface area contributed by atoms with Gasteiger partial charge in [0.1, 0.15) is 0 Å². The third kappa shape index (κ3) is 2.36. The molecule has 1 fully saturated rings. The second kappa shape index (κ2) is 3.54. The Morgan fingerprint density at radius 2 is 2.36 bits per heavy atom. The summed E-state index contributed by atoms with van der Waals surface area (Å²) in [6.45, 7) is 1.08. The average molecular weight is 161 g/mol. The quantitative estimate of drug-likeness (QED) is 0.495. The summed E-state index contributed by atoms with van der Waals surface area (Å²) in [5.41, 5.74) is 0. The molecular weight excluding hydrogens is 150 g/mol. The van der Waals surface area contributed by atoms with E-state index in [-0.39, 0.29) is 13.2 Å². The third-order valence-electron chi connectivity index (χ3n) is 1.52. The van der Waals surface area contributed by atoms with Gasteiger partial charge in [0, 0.05) is 6.54 Å². The Balaban J connectivity index is 2.45. The zero-order chi connectivity index (χ0) is 8.27. The molecule has 0 radical (unpaired) electrons. The van der Waals surface area contributed by atoms with Crippen LogP contribution < -0.4 is 0 Å². The molecular formula is C6H11NO4. The average Bonchev–Trinajstić information content (AvgIpc) is 2.13. The van der Waals surface area contributed by atoms with Gasteiger partial charge < -0.3 is 19.8 Å². The van der Waals surface area contributed by atoms with Crippen molar-refractivity contribution in [2.75, 3.05) is 26.3 Å². The molecule has 2 N–H and O–H groups in total. The molecule has 1 heterocycles. The van der Waals surface area contributed by atoms with Crippen LogP contribution in [0.2, 0.25) is 0 Å². The molecule has 1 atom stereocenters. The molecule has 1 unspecified atom stereocenters. The summed E-state index contributed by atoms with van der Waals surface area (Å²) < 4.78 is 4.93. The Kier molecular flexibility index (Phi) is 2.67. The number of carbonyl (C=O) groups is 1. The summed E-state index contributed by atoms with van der Waals surface area (Å²) in [5.74, 6) is 0. The van der Waals surface area contributed by atoms with E-state index in [2.05, 4.69) is 0 Å². The Hall–Kier alpha value is -0.810. The number of aliphatic hydroxyl groups excluding tert-OH is 1. The van der Waals surface area contributed by atoms with Crippen molar-refractivity contribution in [3.8, 4) is 0 Å². The van der Waals surface area contributed by atoms with Crippen LogP contribution in [0.1, 0.15) is 0 Å². The lowest BCUT2D eigenvalue weighted by molar-refractivity contribution is 0.0563. The van der Waals surface area contributed by atoms with Crippen LogP contribution in [-0.2, 0) is 4.74 Å². The van der Waals surface area contributed by atoms with E-state index >= 15 is 0 Å². The maximum Gasteiger partial charge on any atom is 0.407 e. The summed E-state index contributed by atoms with van der Waals surface area (Å²) in [5, 5.41) is 17.6. The van der Waals surface area contributed by atoms with E-state index in [4.69, 9.17) is 14.9 Å². The highest BCUT2D eigenvalue weighted by molar-refractivity contribution is 5.64. The molecule has 1 aliphatic rings. The molecule has 1 aliphatic heterocycles. The van der Waals surface area contributed by atoms with Crippen LogP contribution in [0, 0.1) is 0 Å². The molecule has 1 rings (SSSR count). The molecule has 5 heteroatoms. The topological polar surface area (TPSA) is 70.0 Å². The van der Waals surface area contributed by atoms with Gasteiger partial charge >= 0.3 is 6.09 Å². The highest BCUT2D eigenvalue weighted by Crippen LogP contribution is 1.99. The maximum atomic E-state index is 10.4. The van der Waals surface area contributed by atoms with E-state index in [1.807, 2.05) is 0 Å². The van der Waals surface area contributed by atoms with E-state index in [1.54, 1.807) is 0 Å². The second-order valence-electron chi connectivity index (χ2n) is 2.46. The molecule has 1 saturated heterocycles. The molecule has 1 amide bonds. The van der Waals surface area contributed by atoms with Gasteiger partial charge in [-0.1, -0.05) is 0 Å². The molecule has 0 spiro atoms. The molecule has 0 bridgehead atoms. The van der Waals surface area contributed by atoms with Gasteiger partial charge in [0.25, 0.3) is 0 Å². The van der Waals surface area contributed by atoms with Crippen LogP contribution in [0.5, 0.6) is 0 Å². The number of hydrogen-bond acceptors (Lipinski definition) is 3. The minimum Gasteiger partial charge on any atom is -0.465 e. The fourth-order valence-electron chi connectivity index (χ4n) is 0.966. The standard InChI is InChI=1S/C6H11NO4/c8-5-3-7(6(9)10)1-2-11-4-5/h5,8H,1-4H2,(H,9,10). The number of amides is 1. The summed E-state index contributed by atoms with van der Waals surface area (Å²) in [6.07, 6.45) is -1.69. The number of nitrogens with zero attached hydrogens (tertiary/aromatic N) is 1. The van der Waals surface area contributed by atoms with Gasteiger partial charge in [-0.05, 0) is 0 Å². The third-order valence-corrected chi connectivity index (χ3v) is 1.52. The Morgan fingerprint density at radius 3 is 3.00 bits per heavy atom. The van der Waals surface area contributed by atoms with E-state index < -0.39 is 12.2 Å². The predicted octanol–water partition coefficient (Wildman–Crippen LogP) is -0.642. The first kappa shape index (κ1) is 8.29. The molecule has 0 aliphatic carbocycles. The van der Waals surface area contributed by atoms with Gasteiger partial charge in [-0.15, -0.1) is 0 Å². The lowest BCUT2D eigenvalue weighted by Gasteiger charge is -2.16. The van der Waals surface area contributed by atoms with Crippen molar-refractivity contribution < 1.29 is 19.7 Å². The number of rotatable bonds is 0. The predicted molar refractivity (Wildman–Crippen MR) is 36.4 cm³/mol. The van der Waals surface area contributed by atoms with Crippen LogP contribution in [0.15, 0.2) is 0 Å². The zero-order valence-corrected chi connectivity index (χ0v) is 6.06. The van der Waals surface area contributed by atoms with Crippen LogP contribution >= 0.6 is 0 Å². The highest BCUT2D eigenvalue weighted by atomic mass is 16.5. The summed E-state index contributed by atoms with van der Waals surface area (Å²) >= 11 is 0. The van der Waals surface area contributed by atoms with Gasteiger partial charge in [-0.2, -0.15) is 0 Å². The molecule has 11 heavy (non-hydrogen) atoms. The van der Waals surface area contributed by atoms with Gasteiger partial charge in [0.15, 0.2) is 0 Å². The minimum atomic E-state index is -1.01. The van der Waals surface area contributed by atoms with E-state index in [0.717, 1.165) is 4.90 Å². The molecule has 0 aromatic rings. The number of ether oxygens (including phenoxy) is 1. The second-order valence-corrected chi connectivity index (χ2v) is 2.46. The van der Waals surface area contributed by atoms with Crippen molar-refractivity contribution in [3.05, 3.63) is 0 Å². The minimum absolute atomic E-state index is 0.148. The first-order valence-electron chi connectivity index (χ1n) is 3.44. The van der Waals surface area contributed by atoms with Crippen molar-refractivity contribution >= 4 is 6.09 Å². The first-order valence-corrected chi connectivity index (χ1v) is 3.44. The molecule has 5 nitrogen and oxygen atoms in total. The Morgan fingerprint density at radius 1 is 1.64 bits per heavy atom. The van der Waals surface area contributed by atoms with Gasteiger partial charge in [0.05, 0.1) is 25.9 Å². The smallest absolute Gasteiger partial charge is 0.407 e. The Bertz CT molecular complexity index is 150. The Labute approximate surface area is 64.2 Å². The molecule has 0 aromatic carbocycles. The maximum absolute atomic E-state index is 10.4. The number of carboxylic acid groups (broad SMARTS) is 1. The lowest BCUT2D eigenvalue weighted by atomic mass is 10.3. The van der Waals surface area contributed by atoms with Gasteiger partial charge in [-0.3, -0.25) is 0 Å². The molecule has 0 aromatic heterocycles. The first-order chi connectivity index (χ1) is 5.20. The van der Waals surface area contributed by atoms with Gasteiger partial charge in [0.2, 0.25) is 0 Å². The van der Waals surface area contributed by atoms with E-state index in [9.17, 15) is 4.79 Å². The van der Waals surface area contributed by atoms with E-state index in [0.29, 0.717) is 13.2 Å². The SMILES string of the molecule is O=C(O)N1CCOCC(O)C1. The van der Waals surface area contributed by atoms with Crippen molar-refractivity contribution in [1.82, 2.24) is 4.90 Å². The summed E-state index contributed by atoms with van der Waals surface area (Å²) in [6, 6.07) is 0. The van der Waals surface area contributed by atoms with Crippen molar-refractivity contribution in [2.45, 2.75) is 6.10 Å². The van der Waals surface area contributed by atoms with Crippen LogP contribution in [-0.4, -0.2) is 53.6 Å². The fourth-order valence-corrected chi connectivity index (χ4v) is 0.966. The zero-order valence-electron chi connectivity index (χ0n) is 6.06. The summed E-state index contributed by atoms with van der Waals surface area (Å²) in [7, 11) is 0. The van der Waals surface area contributed by atoms with Crippen molar-refractivity contribution in [3.63, 3.8) is 0 Å². The number of aliphatic hydroxyl groups is 1. The molecule has 0 saturated carbocycles. The number of hydrogen-bond donors (Lipinski definition) is 2. The fraction of sp³-hybridized carbons (Fsp3) is 0.833. The lowest BCUT2D eigenvalue weighted by Crippen LogP contribution is -2.36.